The van der Waals surface area contributed by atoms with Gasteiger partial charge in [-0.2, -0.15) is 0 Å². The van der Waals surface area contributed by atoms with Gasteiger partial charge in [0.15, 0.2) is 5.78 Å². The number of hydrogen-bond donors (Lipinski definition) is 4. The maximum absolute atomic E-state index is 14.7. The average molecular weight is 1140 g/mol. The van der Waals surface area contributed by atoms with E-state index in [1.54, 1.807) is 13.8 Å². The Bertz CT molecular complexity index is 2280. The van der Waals surface area contributed by atoms with Crippen LogP contribution in [-0.2, 0) is 57.7 Å². The fourth-order valence-electron chi connectivity index (χ4n) is 11.6. The molecule has 4 fully saturated rings. The predicted molar refractivity (Wildman–Crippen MR) is 297 cm³/mol. The van der Waals surface area contributed by atoms with Gasteiger partial charge in [0.05, 0.1) is 31.2 Å². The number of ketones is 2. The number of amides is 1. The summed E-state index contributed by atoms with van der Waals surface area (Å²) in [4.78, 5) is 71.9. The third-order valence-corrected chi connectivity index (χ3v) is 20.7. The van der Waals surface area contributed by atoms with E-state index in [1.807, 2.05) is 71.1 Å². The molecule has 5 aliphatic rings. The summed E-state index contributed by atoms with van der Waals surface area (Å²) in [5.41, 5.74) is -0.0990. The lowest BCUT2D eigenvalue weighted by Gasteiger charge is -2.43. The highest BCUT2D eigenvalue weighted by Crippen LogP contribution is 2.41. The molecular weight excluding hydrogens is 1040 g/mol. The van der Waals surface area contributed by atoms with Gasteiger partial charge in [0.1, 0.15) is 35.9 Å². The van der Waals surface area contributed by atoms with E-state index in [9.17, 15) is 52.8 Å². The van der Waals surface area contributed by atoms with E-state index in [4.69, 9.17) is 23.7 Å². The monoisotopic (exact) mass is 1140 g/mol. The van der Waals surface area contributed by atoms with Crippen molar-refractivity contribution in [2.45, 2.75) is 199 Å². The number of nitrogens with zero attached hydrogens (tertiary/aromatic N) is 2. The minimum atomic E-state index is -3.52. The topological polar surface area (TPSA) is 253 Å². The number of carbonyl (C=O) groups excluding carboxylic acids is 5. The molecule has 3 saturated heterocycles. The molecule has 4 aliphatic heterocycles. The second-order valence-electron chi connectivity index (χ2n) is 23.5. The molecule has 1 aliphatic carbocycles. The minimum absolute atomic E-state index is 0.0168. The number of hydrogen-bond acceptors (Lipinski definition) is 17. The van der Waals surface area contributed by atoms with Crippen molar-refractivity contribution >= 4 is 51.4 Å². The highest BCUT2D eigenvalue weighted by molar-refractivity contribution is 8.09. The molecule has 15 atom stereocenters. The number of allylic oxidation sites excluding steroid dienone is 6. The number of Topliss-reactive ketones (excluding diaryl/α,β-unsaturated/α-hetero) is 2. The summed E-state index contributed by atoms with van der Waals surface area (Å²) >= 11 is 1.17. The lowest BCUT2D eigenvalue weighted by Crippen LogP contribution is -2.60. The van der Waals surface area contributed by atoms with Crippen molar-refractivity contribution in [2.24, 2.45) is 40.9 Å². The number of ether oxygens (including phenoxy) is 5. The van der Waals surface area contributed by atoms with Crippen molar-refractivity contribution < 1.29 is 76.5 Å². The Labute approximate surface area is 468 Å². The molecule has 1 unspecified atom stereocenters. The third-order valence-electron chi connectivity index (χ3n) is 16.9. The zero-order valence-electron chi connectivity index (χ0n) is 47.9. The minimum Gasteiger partial charge on any atom is -0.461 e. The van der Waals surface area contributed by atoms with E-state index in [1.165, 1.54) is 41.7 Å². The number of fused-ring (bicyclic) bond motifs is 3. The molecule has 0 aromatic heterocycles. The highest BCUT2D eigenvalue weighted by Gasteiger charge is 2.53. The van der Waals surface area contributed by atoms with Crippen LogP contribution in [0.25, 0.3) is 0 Å². The number of esters is 2. The van der Waals surface area contributed by atoms with Crippen LogP contribution < -0.4 is 0 Å². The average Bonchev–Trinajstić information content (AvgIpc) is 3.75. The van der Waals surface area contributed by atoms with Gasteiger partial charge in [-0.25, -0.2) is 13.2 Å². The Balaban J connectivity index is 1.46. The van der Waals surface area contributed by atoms with Gasteiger partial charge in [0.2, 0.25) is 15.8 Å². The van der Waals surface area contributed by atoms with E-state index >= 15 is 0 Å². The molecule has 20 heteroatoms. The van der Waals surface area contributed by atoms with Crippen LogP contribution in [0.1, 0.15) is 145 Å². The first-order chi connectivity index (χ1) is 36.8. The summed E-state index contributed by atoms with van der Waals surface area (Å²) in [6.07, 6.45) is 12.9. The van der Waals surface area contributed by atoms with Gasteiger partial charge in [-0.05, 0) is 140 Å². The second-order valence-corrected chi connectivity index (χ2v) is 27.0. The number of carbonyl (C=O) groups is 5. The zero-order chi connectivity index (χ0) is 57.7. The first-order valence-electron chi connectivity index (χ1n) is 28.4. The van der Waals surface area contributed by atoms with Crippen LogP contribution in [-0.4, -0.2) is 167 Å². The summed E-state index contributed by atoms with van der Waals surface area (Å²) in [6.45, 7) is 13.8. The smallest absolute Gasteiger partial charge is 0.329 e. The summed E-state index contributed by atoms with van der Waals surface area (Å²) in [5, 5.41) is 43.0. The van der Waals surface area contributed by atoms with Crippen molar-refractivity contribution in [1.82, 2.24) is 8.61 Å². The van der Waals surface area contributed by atoms with E-state index in [-0.39, 0.29) is 54.6 Å². The van der Waals surface area contributed by atoms with Crippen molar-refractivity contribution in [1.29, 1.82) is 0 Å². The fourth-order valence-corrected chi connectivity index (χ4v) is 14.8. The van der Waals surface area contributed by atoms with Crippen LogP contribution >= 0.6 is 11.9 Å². The van der Waals surface area contributed by atoms with Gasteiger partial charge in [0, 0.05) is 44.4 Å². The number of rotatable bonds is 11. The van der Waals surface area contributed by atoms with Gasteiger partial charge < -0.3 is 49.0 Å². The molecule has 2 bridgehead atoms. The summed E-state index contributed by atoms with van der Waals surface area (Å²) in [6, 6.07) is -1.13. The van der Waals surface area contributed by atoms with E-state index in [0.29, 0.717) is 89.2 Å². The fraction of sp³-hybridized carbons (Fsp3) is 0.776. The Hall–Kier alpha value is -3.31. The standard InChI is InChI=1S/C58H92N2O16S2/c1-36-17-12-11-13-18-38(3)49(77-60-27-16-28-78(60,70)71)33-44-23-21-42(7)58(69,76-44)53(65)54(66)59-26-15-14-19-45(59)55(67)74-46(24-20-37(2)30-41(6)51(64)52(73-10)50(63)40(5)29-36)39(4)31-43-22-25-47(48(32-43)72-9)75-56(68)57(8,34-61)35-62/h11-13,17-18,30,36-37,39-40,42-49,51-52,61-62,64,69H,14-16,19-29,31-35H2,1-10H3/b13-11+,17-12+,38-18+,41-30+/t36-,37+,39-,40-,42-,43+,44+,45+,46+,47-,48-,49?,51-,52+,58-/m1/s1. The zero-order valence-corrected chi connectivity index (χ0v) is 49.5. The van der Waals surface area contributed by atoms with E-state index < -0.39 is 118 Å². The molecule has 442 valence electrons. The Kier molecular flexibility index (Phi) is 24.9. The maximum Gasteiger partial charge on any atom is 0.329 e. The molecule has 4 heterocycles. The Morgan fingerprint density at radius 3 is 2.23 bits per heavy atom. The SMILES string of the molecule is CO[C@@H]1C[C@H](C[C@@H](C)[C@@H]2CC[C@H](C)/C=C(\C)[C@@H](O)[C@@H](OC)C(=O)[C@H](C)C[C@H](C)/C=C/C=C/C=C(\C)C(SN3CCCS3(=O)=O)C[C@@H]3CC[C@@H](C)[C@@](O)(O3)C(=O)C(=O)N3CCCC[C@H]3C(=O)O2)CC[C@H]1OC(=O)C(C)(CO)CO. The van der Waals surface area contributed by atoms with Gasteiger partial charge in [-0.3, -0.25) is 19.2 Å². The molecule has 18 nitrogen and oxygen atoms in total. The van der Waals surface area contributed by atoms with E-state index in [2.05, 4.69) is 0 Å². The lowest BCUT2D eigenvalue weighted by atomic mass is 9.78. The summed E-state index contributed by atoms with van der Waals surface area (Å²) in [7, 11) is -0.567. The van der Waals surface area contributed by atoms with Crippen molar-refractivity contribution in [2.75, 3.05) is 46.3 Å². The number of piperidine rings is 1. The molecule has 0 aromatic rings. The first-order valence-corrected chi connectivity index (χ1v) is 30.8. The van der Waals surface area contributed by atoms with Gasteiger partial charge in [-0.1, -0.05) is 88.6 Å². The Morgan fingerprint density at radius 2 is 1.58 bits per heavy atom. The molecule has 78 heavy (non-hydrogen) atoms. The molecule has 0 radical (unpaired) electrons. The van der Waals surface area contributed by atoms with Crippen LogP contribution in [0, 0.1) is 40.9 Å². The summed E-state index contributed by atoms with van der Waals surface area (Å²) < 4.78 is 57.6. The van der Waals surface area contributed by atoms with Crippen molar-refractivity contribution in [3.05, 3.63) is 47.6 Å². The Morgan fingerprint density at radius 1 is 0.859 bits per heavy atom. The lowest BCUT2D eigenvalue weighted by molar-refractivity contribution is -0.263. The molecule has 0 aromatic carbocycles. The second kappa shape index (κ2) is 29.6. The molecule has 5 rings (SSSR count). The molecule has 1 amide bonds. The molecule has 4 N–H and O–H groups in total. The van der Waals surface area contributed by atoms with Gasteiger partial charge in [0.25, 0.3) is 11.7 Å². The largest absolute Gasteiger partial charge is 0.461 e. The van der Waals surface area contributed by atoms with Crippen LogP contribution in [0.4, 0.5) is 0 Å². The third kappa shape index (κ3) is 16.9. The number of methoxy groups -OCH3 is 2. The van der Waals surface area contributed by atoms with E-state index in [0.717, 1.165) is 5.57 Å². The molecule has 1 saturated carbocycles. The van der Waals surface area contributed by atoms with Crippen molar-refractivity contribution in [3.8, 4) is 0 Å². The maximum atomic E-state index is 14.7. The van der Waals surface area contributed by atoms with Crippen LogP contribution in [0.3, 0.4) is 0 Å². The van der Waals surface area contributed by atoms with Crippen molar-refractivity contribution in [3.63, 3.8) is 0 Å². The van der Waals surface area contributed by atoms with Gasteiger partial charge >= 0.3 is 11.9 Å². The molecule has 0 spiro atoms. The van der Waals surface area contributed by atoms with Crippen LogP contribution in [0.15, 0.2) is 47.6 Å². The van der Waals surface area contributed by atoms with Crippen LogP contribution in [0.2, 0.25) is 0 Å². The van der Waals surface area contributed by atoms with Crippen LogP contribution in [0.5, 0.6) is 0 Å². The number of sulfonamides is 1. The first kappa shape index (κ1) is 65.5. The summed E-state index contributed by atoms with van der Waals surface area (Å²) in [5.74, 6) is -7.92. The normalized spacial score (nSPS) is 37.7. The number of aliphatic hydroxyl groups excluding tert-OH is 3. The number of aliphatic hydroxyl groups is 4. The van der Waals surface area contributed by atoms with Gasteiger partial charge in [-0.15, -0.1) is 3.71 Å². The highest BCUT2D eigenvalue weighted by atomic mass is 32.3. The molecular formula is C58H92N2O16S2. The quantitative estimate of drug-likeness (QED) is 0.0738. The predicted octanol–water partition coefficient (Wildman–Crippen LogP) is 6.58. The number of cyclic esters (lactones) is 1.